The molecular formula is C16H20ClN3. The molecule has 1 fully saturated rings. The van der Waals surface area contributed by atoms with Crippen LogP contribution >= 0.6 is 11.6 Å². The standard InChI is InChI=1S/C16H20ClN3/c1-12-6-8-16(11-17,9-7-12)20-15-18-10-13-4-2-3-5-14(13)19-15/h2-5,10,12H,6-9,11H2,1H3,(H,18,19,20). The SMILES string of the molecule is CC1CCC(CCl)(Nc2ncc3ccccc3n2)CC1. The number of aromatic nitrogens is 2. The number of fused-ring (bicyclic) bond motifs is 1. The fourth-order valence-electron chi connectivity index (χ4n) is 2.88. The Balaban J connectivity index is 1.83. The van der Waals surface area contributed by atoms with Crippen LogP contribution in [0.25, 0.3) is 10.9 Å². The number of rotatable bonds is 3. The molecule has 1 aromatic heterocycles. The fourth-order valence-corrected chi connectivity index (χ4v) is 3.21. The maximum absolute atomic E-state index is 6.23. The molecule has 0 unspecified atom stereocenters. The van der Waals surface area contributed by atoms with Gasteiger partial charge >= 0.3 is 0 Å². The van der Waals surface area contributed by atoms with E-state index >= 15 is 0 Å². The third-order valence-corrected chi connectivity index (χ3v) is 4.86. The van der Waals surface area contributed by atoms with Crippen molar-refractivity contribution in [2.75, 3.05) is 11.2 Å². The lowest BCUT2D eigenvalue weighted by molar-refractivity contribution is 0.286. The molecule has 0 aliphatic heterocycles. The summed E-state index contributed by atoms with van der Waals surface area (Å²) < 4.78 is 0. The van der Waals surface area contributed by atoms with Crippen molar-refractivity contribution in [1.29, 1.82) is 0 Å². The van der Waals surface area contributed by atoms with Crippen molar-refractivity contribution in [3.63, 3.8) is 0 Å². The summed E-state index contributed by atoms with van der Waals surface area (Å²) in [6, 6.07) is 8.04. The van der Waals surface area contributed by atoms with Crippen molar-refractivity contribution in [3.8, 4) is 0 Å². The first-order chi connectivity index (χ1) is 9.71. The maximum atomic E-state index is 6.23. The zero-order chi connectivity index (χ0) is 14.0. The van der Waals surface area contributed by atoms with Crippen molar-refractivity contribution in [3.05, 3.63) is 30.5 Å². The average molecular weight is 290 g/mol. The zero-order valence-corrected chi connectivity index (χ0v) is 12.5. The topological polar surface area (TPSA) is 37.8 Å². The smallest absolute Gasteiger partial charge is 0.223 e. The van der Waals surface area contributed by atoms with Gasteiger partial charge in [0.2, 0.25) is 5.95 Å². The van der Waals surface area contributed by atoms with Crippen LogP contribution in [0.1, 0.15) is 32.6 Å². The monoisotopic (exact) mass is 289 g/mol. The van der Waals surface area contributed by atoms with Gasteiger partial charge in [-0.05, 0) is 37.7 Å². The van der Waals surface area contributed by atoms with Gasteiger partial charge in [-0.1, -0.05) is 25.1 Å². The second-order valence-corrected chi connectivity index (χ2v) is 6.24. The molecule has 1 heterocycles. The number of anilines is 1. The van der Waals surface area contributed by atoms with Gasteiger partial charge in [0.25, 0.3) is 0 Å². The predicted molar refractivity (Wildman–Crippen MR) is 84.2 cm³/mol. The number of halogens is 1. The molecule has 0 radical (unpaired) electrons. The maximum Gasteiger partial charge on any atom is 0.223 e. The van der Waals surface area contributed by atoms with Crippen molar-refractivity contribution < 1.29 is 0 Å². The summed E-state index contributed by atoms with van der Waals surface area (Å²) in [6.07, 6.45) is 6.49. The van der Waals surface area contributed by atoms with E-state index in [4.69, 9.17) is 11.6 Å². The summed E-state index contributed by atoms with van der Waals surface area (Å²) in [7, 11) is 0. The van der Waals surface area contributed by atoms with Gasteiger partial charge in [-0.15, -0.1) is 11.6 Å². The van der Waals surface area contributed by atoms with Crippen molar-refractivity contribution in [2.24, 2.45) is 5.92 Å². The van der Waals surface area contributed by atoms with Crippen LogP contribution in [0, 0.1) is 5.92 Å². The largest absolute Gasteiger partial charge is 0.348 e. The van der Waals surface area contributed by atoms with E-state index in [2.05, 4.69) is 22.2 Å². The van der Waals surface area contributed by atoms with Crippen LogP contribution in [0.3, 0.4) is 0 Å². The molecule has 1 N–H and O–H groups in total. The highest BCUT2D eigenvalue weighted by atomic mass is 35.5. The summed E-state index contributed by atoms with van der Waals surface area (Å²) in [5.74, 6) is 2.10. The van der Waals surface area contributed by atoms with Gasteiger partial charge in [0, 0.05) is 17.5 Å². The lowest BCUT2D eigenvalue weighted by Crippen LogP contribution is -2.44. The number of hydrogen-bond acceptors (Lipinski definition) is 3. The molecule has 3 rings (SSSR count). The van der Waals surface area contributed by atoms with Crippen LogP contribution in [-0.2, 0) is 0 Å². The normalized spacial score (nSPS) is 26.6. The van der Waals surface area contributed by atoms with Gasteiger partial charge in [0.05, 0.1) is 11.1 Å². The molecule has 1 aliphatic carbocycles. The molecule has 4 heteroatoms. The molecule has 0 amide bonds. The summed E-state index contributed by atoms with van der Waals surface area (Å²) in [5, 5.41) is 4.57. The van der Waals surface area contributed by atoms with E-state index in [1.807, 2.05) is 30.5 Å². The van der Waals surface area contributed by atoms with E-state index in [0.717, 1.165) is 29.7 Å². The van der Waals surface area contributed by atoms with Gasteiger partial charge in [-0.2, -0.15) is 0 Å². The second kappa shape index (κ2) is 5.57. The Kier molecular flexibility index (Phi) is 3.79. The van der Waals surface area contributed by atoms with Gasteiger partial charge in [0.15, 0.2) is 0 Å². The Morgan fingerprint density at radius 3 is 2.80 bits per heavy atom. The molecule has 1 aromatic carbocycles. The van der Waals surface area contributed by atoms with E-state index in [1.54, 1.807) is 0 Å². The molecule has 106 valence electrons. The van der Waals surface area contributed by atoms with Crippen LogP contribution in [-0.4, -0.2) is 21.4 Å². The Labute approximate surface area is 124 Å². The highest BCUT2D eigenvalue weighted by molar-refractivity contribution is 6.18. The van der Waals surface area contributed by atoms with Crippen LogP contribution in [0.5, 0.6) is 0 Å². The third-order valence-electron chi connectivity index (χ3n) is 4.35. The van der Waals surface area contributed by atoms with Gasteiger partial charge in [0.1, 0.15) is 0 Å². The molecule has 1 aliphatic rings. The number of hydrogen-bond donors (Lipinski definition) is 1. The number of alkyl halides is 1. The summed E-state index contributed by atoms with van der Waals surface area (Å²) in [4.78, 5) is 9.03. The van der Waals surface area contributed by atoms with Crippen molar-refractivity contribution in [2.45, 2.75) is 38.1 Å². The molecule has 0 saturated heterocycles. The van der Waals surface area contributed by atoms with Gasteiger partial charge < -0.3 is 5.32 Å². The second-order valence-electron chi connectivity index (χ2n) is 5.97. The van der Waals surface area contributed by atoms with Crippen molar-refractivity contribution >= 4 is 28.5 Å². The molecule has 0 bridgehead atoms. The minimum atomic E-state index is -0.0451. The molecule has 0 spiro atoms. The first-order valence-electron chi connectivity index (χ1n) is 7.27. The van der Waals surface area contributed by atoms with E-state index in [-0.39, 0.29) is 5.54 Å². The first kappa shape index (κ1) is 13.6. The zero-order valence-electron chi connectivity index (χ0n) is 11.8. The average Bonchev–Trinajstić information content (AvgIpc) is 2.50. The van der Waals surface area contributed by atoms with E-state index in [0.29, 0.717) is 11.8 Å². The number of nitrogens with one attached hydrogen (secondary N) is 1. The summed E-state index contributed by atoms with van der Waals surface area (Å²) >= 11 is 6.23. The number of nitrogens with zero attached hydrogens (tertiary/aromatic N) is 2. The van der Waals surface area contributed by atoms with Crippen LogP contribution < -0.4 is 5.32 Å². The van der Waals surface area contributed by atoms with Gasteiger partial charge in [-0.3, -0.25) is 0 Å². The Hall–Kier alpha value is -1.35. The molecule has 0 atom stereocenters. The Morgan fingerprint density at radius 2 is 2.05 bits per heavy atom. The quantitative estimate of drug-likeness (QED) is 0.859. The van der Waals surface area contributed by atoms with E-state index in [9.17, 15) is 0 Å². The highest BCUT2D eigenvalue weighted by Crippen LogP contribution is 2.35. The lowest BCUT2D eigenvalue weighted by atomic mass is 9.78. The van der Waals surface area contributed by atoms with Gasteiger partial charge in [-0.25, -0.2) is 9.97 Å². The van der Waals surface area contributed by atoms with Crippen LogP contribution in [0.15, 0.2) is 30.5 Å². The molecule has 20 heavy (non-hydrogen) atoms. The van der Waals surface area contributed by atoms with Crippen molar-refractivity contribution in [1.82, 2.24) is 9.97 Å². The summed E-state index contributed by atoms with van der Waals surface area (Å²) in [5.41, 5.74) is 0.926. The Morgan fingerprint density at radius 1 is 1.30 bits per heavy atom. The molecular weight excluding hydrogens is 270 g/mol. The predicted octanol–water partition coefficient (Wildman–Crippen LogP) is 4.23. The molecule has 1 saturated carbocycles. The first-order valence-corrected chi connectivity index (χ1v) is 7.80. The summed E-state index contributed by atoms with van der Waals surface area (Å²) in [6.45, 7) is 2.31. The van der Waals surface area contributed by atoms with E-state index in [1.165, 1.54) is 12.8 Å². The molecule has 3 nitrogen and oxygen atoms in total. The fraction of sp³-hybridized carbons (Fsp3) is 0.500. The lowest BCUT2D eigenvalue weighted by Gasteiger charge is -2.38. The molecule has 2 aromatic rings. The highest BCUT2D eigenvalue weighted by Gasteiger charge is 2.34. The number of benzene rings is 1. The van der Waals surface area contributed by atoms with Crippen LogP contribution in [0.4, 0.5) is 5.95 Å². The number of para-hydroxylation sites is 1. The Bertz CT molecular complexity index is 591. The third kappa shape index (κ3) is 2.73. The van der Waals surface area contributed by atoms with E-state index < -0.39 is 0 Å². The minimum Gasteiger partial charge on any atom is -0.348 e. The van der Waals surface area contributed by atoms with Crippen LogP contribution in [0.2, 0.25) is 0 Å². The minimum absolute atomic E-state index is 0.0451.